The molecule has 0 saturated carbocycles. The number of aromatic nitrogens is 1. The van der Waals surface area contributed by atoms with Crippen molar-refractivity contribution in [3.63, 3.8) is 0 Å². The normalized spacial score (nSPS) is 17.5. The second-order valence-corrected chi connectivity index (χ2v) is 10.8. The highest BCUT2D eigenvalue weighted by Gasteiger charge is 2.40. The topological polar surface area (TPSA) is 91.7 Å². The maximum Gasteiger partial charge on any atom is 0.410 e. The third-order valence-corrected chi connectivity index (χ3v) is 6.89. The van der Waals surface area contributed by atoms with Crippen LogP contribution in [0.5, 0.6) is 0 Å². The van der Waals surface area contributed by atoms with Crippen LogP contribution in [-0.4, -0.2) is 53.5 Å². The molecule has 0 spiro atoms. The third kappa shape index (κ3) is 3.59. The van der Waals surface area contributed by atoms with Gasteiger partial charge in [0.25, 0.3) is 0 Å². The molecule has 34 heavy (non-hydrogen) atoms. The highest BCUT2D eigenvalue weighted by atomic mass is 16.6. The van der Waals surface area contributed by atoms with Crippen molar-refractivity contribution < 1.29 is 14.3 Å². The number of anilines is 2. The van der Waals surface area contributed by atoms with Gasteiger partial charge in [-0.25, -0.2) is 4.79 Å². The molecule has 3 aromatic rings. The number of aromatic amines is 1. The molecule has 0 atom stereocenters. The largest absolute Gasteiger partial charge is 0.444 e. The number of nitrogen functional groups attached to an aromatic ring is 1. The number of nitrogens with one attached hydrogen (secondary N) is 1. The van der Waals surface area contributed by atoms with E-state index in [2.05, 4.69) is 29.8 Å². The van der Waals surface area contributed by atoms with Crippen LogP contribution in [0.15, 0.2) is 36.4 Å². The first-order valence-corrected chi connectivity index (χ1v) is 11.8. The Kier molecular flexibility index (Phi) is 4.93. The summed E-state index contributed by atoms with van der Waals surface area (Å²) in [6.07, 6.45) is -0.267. The molecule has 1 aromatic heterocycles. The number of hydrogen-bond donors (Lipinski definition) is 2. The van der Waals surface area contributed by atoms with E-state index in [4.69, 9.17) is 10.5 Å². The number of carbonyl (C=O) groups is 2. The fraction of sp³-hybridized carbons (Fsp3) is 0.407. The van der Waals surface area contributed by atoms with Gasteiger partial charge in [-0.2, -0.15) is 0 Å². The van der Waals surface area contributed by atoms with Crippen molar-refractivity contribution in [2.75, 3.05) is 36.8 Å². The van der Waals surface area contributed by atoms with E-state index in [1.54, 1.807) is 4.90 Å². The second-order valence-electron chi connectivity index (χ2n) is 10.8. The molecule has 2 aromatic carbocycles. The van der Waals surface area contributed by atoms with Crippen LogP contribution in [0.4, 0.5) is 16.2 Å². The maximum atomic E-state index is 13.6. The number of amides is 1. The van der Waals surface area contributed by atoms with E-state index >= 15 is 0 Å². The number of H-pyrrole nitrogens is 1. The van der Waals surface area contributed by atoms with Crippen LogP contribution in [-0.2, 0) is 10.2 Å². The molecular formula is C27H32N4O3. The van der Waals surface area contributed by atoms with Crippen molar-refractivity contribution in [2.24, 2.45) is 0 Å². The van der Waals surface area contributed by atoms with Crippen LogP contribution >= 0.6 is 0 Å². The molecule has 1 aliphatic heterocycles. The molecule has 1 saturated heterocycles. The number of ether oxygens (including phenoxy) is 1. The van der Waals surface area contributed by atoms with Crippen molar-refractivity contribution in [1.82, 2.24) is 9.88 Å². The number of nitrogens with two attached hydrogens (primary N) is 1. The van der Waals surface area contributed by atoms with Gasteiger partial charge in [0, 0.05) is 65.1 Å². The zero-order valence-corrected chi connectivity index (χ0v) is 20.5. The highest BCUT2D eigenvalue weighted by molar-refractivity contribution is 6.20. The number of fused-ring (bicyclic) bond motifs is 4. The lowest BCUT2D eigenvalue weighted by atomic mass is 9.71. The average Bonchev–Trinajstić information content (AvgIpc) is 3.16. The number of ketones is 1. The SMILES string of the molecule is CC(C)(C)OC(=O)N1CCN(c2ccc3c(c2)C(C)(C)c2[nH]c4cc(N)ccc4c2C3=O)CC1. The van der Waals surface area contributed by atoms with E-state index in [9.17, 15) is 9.59 Å². The summed E-state index contributed by atoms with van der Waals surface area (Å²) in [6, 6.07) is 11.8. The lowest BCUT2D eigenvalue weighted by Gasteiger charge is -2.38. The van der Waals surface area contributed by atoms with Gasteiger partial charge < -0.3 is 25.3 Å². The lowest BCUT2D eigenvalue weighted by molar-refractivity contribution is 0.0240. The number of carbonyl (C=O) groups excluding carboxylic acids is 2. The minimum absolute atomic E-state index is 0.0432. The monoisotopic (exact) mass is 460 g/mol. The van der Waals surface area contributed by atoms with Crippen LogP contribution < -0.4 is 10.6 Å². The van der Waals surface area contributed by atoms with E-state index in [0.29, 0.717) is 31.9 Å². The Morgan fingerprint density at radius 1 is 1.06 bits per heavy atom. The van der Waals surface area contributed by atoms with Gasteiger partial charge in [-0.15, -0.1) is 0 Å². The van der Waals surface area contributed by atoms with E-state index in [-0.39, 0.29) is 17.3 Å². The van der Waals surface area contributed by atoms with Gasteiger partial charge >= 0.3 is 6.09 Å². The standard InChI is InChI=1S/C27H32N4O3/c1-26(2,3)34-25(33)31-12-10-30(11-13-31)17-7-9-18-20(15-17)27(4,5)24-22(23(18)32)19-8-6-16(28)14-21(19)29-24/h6-9,14-15,29H,10-13,28H2,1-5H3. The molecule has 1 aliphatic carbocycles. The molecule has 3 N–H and O–H groups in total. The van der Waals surface area contributed by atoms with Crippen molar-refractivity contribution in [3.8, 4) is 0 Å². The first-order chi connectivity index (χ1) is 16.0. The first kappa shape index (κ1) is 22.3. The smallest absolute Gasteiger partial charge is 0.410 e. The quantitative estimate of drug-likeness (QED) is 0.515. The van der Waals surface area contributed by atoms with Gasteiger partial charge in [0.15, 0.2) is 5.78 Å². The molecule has 7 nitrogen and oxygen atoms in total. The van der Waals surface area contributed by atoms with Crippen molar-refractivity contribution in [3.05, 3.63) is 58.8 Å². The number of benzene rings is 2. The molecule has 0 unspecified atom stereocenters. The fourth-order valence-corrected chi connectivity index (χ4v) is 5.11. The Hall–Kier alpha value is -3.48. The van der Waals surface area contributed by atoms with E-state index in [1.165, 1.54) is 0 Å². The number of rotatable bonds is 1. The summed E-state index contributed by atoms with van der Waals surface area (Å²) < 4.78 is 5.52. The summed E-state index contributed by atoms with van der Waals surface area (Å²) in [4.78, 5) is 33.5. The summed E-state index contributed by atoms with van der Waals surface area (Å²) in [5, 5.41) is 0.912. The van der Waals surface area contributed by atoms with Crippen LogP contribution in [0.3, 0.4) is 0 Å². The summed E-state index contributed by atoms with van der Waals surface area (Å²) in [5.74, 6) is 0.0432. The van der Waals surface area contributed by atoms with Crippen LogP contribution in [0, 0.1) is 0 Å². The van der Waals surface area contributed by atoms with Crippen LogP contribution in [0.1, 0.15) is 61.8 Å². The van der Waals surface area contributed by atoms with Gasteiger partial charge in [0.05, 0.1) is 5.56 Å². The zero-order valence-electron chi connectivity index (χ0n) is 20.5. The fourth-order valence-electron chi connectivity index (χ4n) is 5.11. The van der Waals surface area contributed by atoms with Crippen molar-refractivity contribution >= 4 is 34.2 Å². The minimum Gasteiger partial charge on any atom is -0.444 e. The number of nitrogens with zero attached hydrogens (tertiary/aromatic N) is 2. The van der Waals surface area contributed by atoms with E-state index in [1.807, 2.05) is 51.1 Å². The Labute approximate surface area is 199 Å². The van der Waals surface area contributed by atoms with Crippen LogP contribution in [0.25, 0.3) is 10.9 Å². The molecule has 1 amide bonds. The van der Waals surface area contributed by atoms with Gasteiger partial charge in [-0.1, -0.05) is 19.9 Å². The predicted molar refractivity (Wildman–Crippen MR) is 135 cm³/mol. The maximum absolute atomic E-state index is 13.6. The van der Waals surface area contributed by atoms with Crippen molar-refractivity contribution in [2.45, 2.75) is 45.6 Å². The summed E-state index contributed by atoms with van der Waals surface area (Å²) >= 11 is 0. The third-order valence-electron chi connectivity index (χ3n) is 6.89. The van der Waals surface area contributed by atoms with Gasteiger partial charge in [0.1, 0.15) is 5.60 Å². The summed E-state index contributed by atoms with van der Waals surface area (Å²) in [5.41, 5.74) is 11.2. The average molecular weight is 461 g/mol. The molecule has 5 rings (SSSR count). The van der Waals surface area contributed by atoms with E-state index in [0.717, 1.165) is 39.0 Å². The highest BCUT2D eigenvalue weighted by Crippen LogP contribution is 2.45. The zero-order chi connectivity index (χ0) is 24.4. The summed E-state index contributed by atoms with van der Waals surface area (Å²) in [6.45, 7) is 12.6. The molecular weight excluding hydrogens is 428 g/mol. The minimum atomic E-state index is -0.502. The molecule has 0 bridgehead atoms. The Morgan fingerprint density at radius 2 is 1.76 bits per heavy atom. The molecule has 0 radical (unpaired) electrons. The molecule has 1 fully saturated rings. The number of hydrogen-bond acceptors (Lipinski definition) is 5. The second kappa shape index (κ2) is 7.52. The van der Waals surface area contributed by atoms with Gasteiger partial charge in [-0.05, 0) is 56.7 Å². The van der Waals surface area contributed by atoms with Gasteiger partial charge in [0.2, 0.25) is 0 Å². The molecule has 178 valence electrons. The Balaban J connectivity index is 1.43. The van der Waals surface area contributed by atoms with Gasteiger partial charge in [-0.3, -0.25) is 4.79 Å². The number of piperazine rings is 1. The first-order valence-electron chi connectivity index (χ1n) is 11.8. The lowest BCUT2D eigenvalue weighted by Crippen LogP contribution is -2.50. The Bertz CT molecular complexity index is 1310. The Morgan fingerprint density at radius 3 is 2.44 bits per heavy atom. The molecule has 2 heterocycles. The summed E-state index contributed by atoms with van der Waals surface area (Å²) in [7, 11) is 0. The molecule has 7 heteroatoms. The predicted octanol–water partition coefficient (Wildman–Crippen LogP) is 4.68. The van der Waals surface area contributed by atoms with Crippen molar-refractivity contribution in [1.29, 1.82) is 0 Å². The van der Waals surface area contributed by atoms with Crippen LogP contribution in [0.2, 0.25) is 0 Å². The van der Waals surface area contributed by atoms with E-state index < -0.39 is 5.60 Å². The molecule has 2 aliphatic rings.